The van der Waals surface area contributed by atoms with E-state index in [9.17, 15) is 5.11 Å². The summed E-state index contributed by atoms with van der Waals surface area (Å²) in [4.78, 5) is 2.34. The minimum absolute atomic E-state index is 0.503. The fraction of sp³-hybridized carbons (Fsp3) is 0.571. The molecule has 1 fully saturated rings. The van der Waals surface area contributed by atoms with Crippen LogP contribution in [0.25, 0.3) is 0 Å². The number of ether oxygens (including phenoxy) is 1. The maximum absolute atomic E-state index is 9.94. The van der Waals surface area contributed by atoms with Crippen molar-refractivity contribution < 1.29 is 9.84 Å². The van der Waals surface area contributed by atoms with Crippen LogP contribution in [0.4, 0.5) is 5.69 Å². The van der Waals surface area contributed by atoms with Crippen molar-refractivity contribution in [3.05, 3.63) is 23.8 Å². The molecule has 1 heterocycles. The van der Waals surface area contributed by atoms with E-state index in [0.29, 0.717) is 0 Å². The molecule has 1 saturated heterocycles. The molecule has 1 aliphatic rings. The summed E-state index contributed by atoms with van der Waals surface area (Å²) in [6, 6.07) is 5.97. The van der Waals surface area contributed by atoms with Crippen molar-refractivity contribution in [1.82, 2.24) is 0 Å². The van der Waals surface area contributed by atoms with E-state index in [2.05, 4.69) is 17.9 Å². The molecule has 1 N–H and O–H groups in total. The molecule has 94 valence electrons. The zero-order chi connectivity index (χ0) is 12.4. The van der Waals surface area contributed by atoms with E-state index in [4.69, 9.17) is 4.74 Å². The Morgan fingerprint density at radius 3 is 2.76 bits per heavy atom. The van der Waals surface area contributed by atoms with E-state index >= 15 is 0 Å². The van der Waals surface area contributed by atoms with Crippen molar-refractivity contribution in [2.24, 2.45) is 5.92 Å². The SMILES string of the molecule is COc1cccc(N2CCC(C)C2)c1[C@H](C)O. The highest BCUT2D eigenvalue weighted by Gasteiger charge is 2.24. The maximum Gasteiger partial charge on any atom is 0.126 e. The van der Waals surface area contributed by atoms with E-state index in [0.717, 1.165) is 36.0 Å². The first-order valence-electron chi connectivity index (χ1n) is 6.23. The summed E-state index contributed by atoms with van der Waals surface area (Å²) in [5, 5.41) is 9.94. The Morgan fingerprint density at radius 2 is 2.24 bits per heavy atom. The Morgan fingerprint density at radius 1 is 1.47 bits per heavy atom. The summed E-state index contributed by atoms with van der Waals surface area (Å²) in [6.07, 6.45) is 0.716. The lowest BCUT2D eigenvalue weighted by Crippen LogP contribution is -2.21. The van der Waals surface area contributed by atoms with Crippen molar-refractivity contribution in [1.29, 1.82) is 0 Å². The number of anilines is 1. The van der Waals surface area contributed by atoms with Gasteiger partial charge in [0.25, 0.3) is 0 Å². The van der Waals surface area contributed by atoms with E-state index in [-0.39, 0.29) is 0 Å². The second-order valence-corrected chi connectivity index (χ2v) is 4.91. The molecule has 0 spiro atoms. The minimum Gasteiger partial charge on any atom is -0.496 e. The first-order valence-corrected chi connectivity index (χ1v) is 6.23. The van der Waals surface area contributed by atoms with Gasteiger partial charge in [0.1, 0.15) is 5.75 Å². The van der Waals surface area contributed by atoms with Gasteiger partial charge in [0.2, 0.25) is 0 Å². The normalized spacial score (nSPS) is 21.6. The molecule has 1 unspecified atom stereocenters. The number of methoxy groups -OCH3 is 1. The molecule has 0 radical (unpaired) electrons. The molecule has 0 aromatic heterocycles. The number of aliphatic hydroxyl groups excluding tert-OH is 1. The molecule has 1 aliphatic heterocycles. The van der Waals surface area contributed by atoms with Gasteiger partial charge in [-0.05, 0) is 31.4 Å². The van der Waals surface area contributed by atoms with Gasteiger partial charge < -0.3 is 14.7 Å². The highest BCUT2D eigenvalue weighted by molar-refractivity contribution is 5.60. The first-order chi connectivity index (χ1) is 8.13. The Kier molecular flexibility index (Phi) is 3.57. The Bertz CT molecular complexity index is 390. The molecule has 17 heavy (non-hydrogen) atoms. The Labute approximate surface area is 103 Å². The summed E-state index contributed by atoms with van der Waals surface area (Å²) >= 11 is 0. The van der Waals surface area contributed by atoms with Crippen molar-refractivity contribution in [2.45, 2.75) is 26.4 Å². The molecule has 3 heteroatoms. The maximum atomic E-state index is 9.94. The fourth-order valence-electron chi connectivity index (χ4n) is 2.56. The molecule has 0 bridgehead atoms. The monoisotopic (exact) mass is 235 g/mol. The highest BCUT2D eigenvalue weighted by Crippen LogP contribution is 2.36. The van der Waals surface area contributed by atoms with Gasteiger partial charge in [0.05, 0.1) is 13.2 Å². The van der Waals surface area contributed by atoms with Crippen molar-refractivity contribution in [3.63, 3.8) is 0 Å². The predicted octanol–water partition coefficient (Wildman–Crippen LogP) is 2.59. The van der Waals surface area contributed by atoms with Gasteiger partial charge in [-0.3, -0.25) is 0 Å². The second-order valence-electron chi connectivity index (χ2n) is 4.91. The molecule has 0 saturated carbocycles. The quantitative estimate of drug-likeness (QED) is 0.874. The van der Waals surface area contributed by atoms with Gasteiger partial charge in [-0.1, -0.05) is 13.0 Å². The van der Waals surface area contributed by atoms with Gasteiger partial charge in [-0.25, -0.2) is 0 Å². The number of nitrogens with zero attached hydrogens (tertiary/aromatic N) is 1. The van der Waals surface area contributed by atoms with Crippen LogP contribution in [-0.2, 0) is 0 Å². The number of hydrogen-bond acceptors (Lipinski definition) is 3. The van der Waals surface area contributed by atoms with Gasteiger partial charge in [0.15, 0.2) is 0 Å². The lowest BCUT2D eigenvalue weighted by atomic mass is 10.1. The molecule has 0 amide bonds. The van der Waals surface area contributed by atoms with E-state index in [1.807, 2.05) is 12.1 Å². The van der Waals surface area contributed by atoms with Crippen LogP contribution in [0.1, 0.15) is 31.9 Å². The van der Waals surface area contributed by atoms with Crippen LogP contribution < -0.4 is 9.64 Å². The van der Waals surface area contributed by atoms with Crippen LogP contribution in [0.15, 0.2) is 18.2 Å². The average Bonchev–Trinajstić information content (AvgIpc) is 2.74. The molecule has 2 rings (SSSR count). The Hall–Kier alpha value is -1.22. The van der Waals surface area contributed by atoms with E-state index < -0.39 is 6.10 Å². The Balaban J connectivity index is 2.39. The number of benzene rings is 1. The zero-order valence-corrected chi connectivity index (χ0v) is 10.8. The van der Waals surface area contributed by atoms with Crippen LogP contribution in [0.3, 0.4) is 0 Å². The van der Waals surface area contributed by atoms with Crippen LogP contribution in [0.5, 0.6) is 5.75 Å². The lowest BCUT2D eigenvalue weighted by Gasteiger charge is -2.24. The summed E-state index contributed by atoms with van der Waals surface area (Å²) in [6.45, 7) is 6.18. The van der Waals surface area contributed by atoms with Gasteiger partial charge >= 0.3 is 0 Å². The average molecular weight is 235 g/mol. The fourth-order valence-corrected chi connectivity index (χ4v) is 2.56. The third-order valence-electron chi connectivity index (χ3n) is 3.45. The van der Waals surface area contributed by atoms with Crippen LogP contribution >= 0.6 is 0 Å². The smallest absolute Gasteiger partial charge is 0.126 e. The number of hydrogen-bond donors (Lipinski definition) is 1. The third-order valence-corrected chi connectivity index (χ3v) is 3.45. The second kappa shape index (κ2) is 4.96. The summed E-state index contributed by atoms with van der Waals surface area (Å²) < 4.78 is 5.35. The van der Waals surface area contributed by atoms with Gasteiger partial charge in [-0.2, -0.15) is 0 Å². The first kappa shape index (κ1) is 12.2. The summed E-state index contributed by atoms with van der Waals surface area (Å²) in [7, 11) is 1.65. The van der Waals surface area contributed by atoms with Crippen LogP contribution in [-0.4, -0.2) is 25.3 Å². The standard InChI is InChI=1S/C14H21NO2/c1-10-7-8-15(9-10)12-5-4-6-13(17-3)14(12)11(2)16/h4-6,10-11,16H,7-9H2,1-3H3/t10?,11-/m0/s1. The third kappa shape index (κ3) is 2.39. The number of rotatable bonds is 3. The minimum atomic E-state index is -0.503. The molecular formula is C14H21NO2. The van der Waals surface area contributed by atoms with Crippen molar-refractivity contribution in [3.8, 4) is 5.75 Å². The summed E-state index contributed by atoms with van der Waals surface area (Å²) in [5.41, 5.74) is 2.02. The van der Waals surface area contributed by atoms with Crippen molar-refractivity contribution in [2.75, 3.05) is 25.1 Å². The lowest BCUT2D eigenvalue weighted by molar-refractivity contribution is 0.194. The van der Waals surface area contributed by atoms with Crippen LogP contribution in [0.2, 0.25) is 0 Å². The summed E-state index contributed by atoms with van der Waals surface area (Å²) in [5.74, 6) is 1.50. The van der Waals surface area contributed by atoms with Gasteiger partial charge in [0, 0.05) is 24.3 Å². The topological polar surface area (TPSA) is 32.7 Å². The van der Waals surface area contributed by atoms with Gasteiger partial charge in [-0.15, -0.1) is 0 Å². The van der Waals surface area contributed by atoms with Crippen LogP contribution in [0, 0.1) is 5.92 Å². The predicted molar refractivity (Wildman–Crippen MR) is 69.6 cm³/mol. The molecule has 3 nitrogen and oxygen atoms in total. The number of aliphatic hydroxyl groups is 1. The van der Waals surface area contributed by atoms with E-state index in [1.54, 1.807) is 14.0 Å². The molecule has 1 aromatic carbocycles. The zero-order valence-electron chi connectivity index (χ0n) is 10.8. The van der Waals surface area contributed by atoms with E-state index in [1.165, 1.54) is 6.42 Å². The molecule has 1 aromatic rings. The largest absolute Gasteiger partial charge is 0.496 e. The molecule has 0 aliphatic carbocycles. The van der Waals surface area contributed by atoms with Crippen molar-refractivity contribution >= 4 is 5.69 Å². The molecular weight excluding hydrogens is 214 g/mol. The molecule has 2 atom stereocenters. The highest BCUT2D eigenvalue weighted by atomic mass is 16.5.